The van der Waals surface area contributed by atoms with Crippen LogP contribution in [0.25, 0.3) is 10.6 Å². The van der Waals surface area contributed by atoms with E-state index in [1.807, 2.05) is 49.4 Å². The summed E-state index contributed by atoms with van der Waals surface area (Å²) >= 11 is 1.57. The van der Waals surface area contributed by atoms with Crippen LogP contribution in [0.1, 0.15) is 16.5 Å². The zero-order chi connectivity index (χ0) is 25.3. The number of nitrogens with two attached hydrogens (primary N) is 1. The summed E-state index contributed by atoms with van der Waals surface area (Å²) in [6, 6.07) is 16.4. The highest BCUT2D eigenvalue weighted by Gasteiger charge is 2.38. The summed E-state index contributed by atoms with van der Waals surface area (Å²) < 4.78 is 31.7. The number of rotatable bonds is 5. The molecule has 2 amide bonds. The van der Waals surface area contributed by atoms with Gasteiger partial charge in [0.05, 0.1) is 10.6 Å². The summed E-state index contributed by atoms with van der Waals surface area (Å²) in [5.74, 6) is -4.25. The monoisotopic (exact) mass is 494 g/mol. The molecule has 1 atom stereocenters. The number of carboxylic acid groups (broad SMARTS) is 1. The van der Waals surface area contributed by atoms with Crippen molar-refractivity contribution in [3.8, 4) is 10.6 Å². The molecule has 8 nitrogen and oxygen atoms in total. The zero-order valence-corrected chi connectivity index (χ0v) is 18.6. The number of halogens is 3. The van der Waals surface area contributed by atoms with E-state index in [0.29, 0.717) is 11.4 Å². The van der Waals surface area contributed by atoms with E-state index >= 15 is 0 Å². The molecule has 0 spiro atoms. The first-order valence-electron chi connectivity index (χ1n) is 9.70. The van der Waals surface area contributed by atoms with Crippen LogP contribution in [0.15, 0.2) is 60.8 Å². The molecule has 34 heavy (non-hydrogen) atoms. The second-order valence-corrected chi connectivity index (χ2v) is 8.08. The highest BCUT2D eigenvalue weighted by atomic mass is 32.1. The fraction of sp³-hybridized carbons (Fsp3) is 0.182. The Labute approximate surface area is 196 Å². The number of anilines is 1. The minimum Gasteiger partial charge on any atom is -0.475 e. The van der Waals surface area contributed by atoms with Gasteiger partial charge in [-0.3, -0.25) is 14.6 Å². The van der Waals surface area contributed by atoms with E-state index in [0.717, 1.165) is 15.3 Å². The molecule has 0 saturated heterocycles. The van der Waals surface area contributed by atoms with Gasteiger partial charge in [-0.05, 0) is 36.8 Å². The highest BCUT2D eigenvalue weighted by molar-refractivity contribution is 7.15. The molecule has 3 aromatic rings. The standard InChI is InChI=1S/C20H20N4O2S.C2HF3O2/c1-13-9-10-17(27-13)18-16(8-5-11-22-18)24-20(26)19(25)23-12-15(21)14-6-3-2-4-7-14;3-2(4,5)1(6)7/h2-11,15H,12,21H2,1H3,(H,23,25)(H,24,26);(H,6,7). The van der Waals surface area contributed by atoms with Crippen LogP contribution in [0.2, 0.25) is 0 Å². The summed E-state index contributed by atoms with van der Waals surface area (Å²) in [5.41, 5.74) is 8.06. The maximum Gasteiger partial charge on any atom is 0.490 e. The molecule has 0 saturated carbocycles. The highest BCUT2D eigenvalue weighted by Crippen LogP contribution is 2.31. The van der Waals surface area contributed by atoms with E-state index in [4.69, 9.17) is 15.6 Å². The number of nitrogens with zero attached hydrogens (tertiary/aromatic N) is 1. The van der Waals surface area contributed by atoms with Crippen LogP contribution in [0.4, 0.5) is 18.9 Å². The Morgan fingerprint density at radius 3 is 2.26 bits per heavy atom. The van der Waals surface area contributed by atoms with E-state index in [1.165, 1.54) is 0 Å². The molecule has 0 aliphatic carbocycles. The molecule has 12 heteroatoms. The number of benzene rings is 1. The number of carboxylic acids is 1. The lowest BCUT2D eigenvalue weighted by atomic mass is 10.1. The maximum absolute atomic E-state index is 12.3. The number of alkyl halides is 3. The Balaban J connectivity index is 0.000000509. The largest absolute Gasteiger partial charge is 0.490 e. The number of aryl methyl sites for hydroxylation is 1. The van der Waals surface area contributed by atoms with Crippen LogP contribution in [-0.4, -0.2) is 40.6 Å². The number of aliphatic carboxylic acids is 1. The van der Waals surface area contributed by atoms with Gasteiger partial charge in [0, 0.05) is 23.7 Å². The number of pyridine rings is 1. The van der Waals surface area contributed by atoms with Gasteiger partial charge in [-0.15, -0.1) is 11.3 Å². The summed E-state index contributed by atoms with van der Waals surface area (Å²) in [6.07, 6.45) is -3.43. The number of carbonyl (C=O) groups excluding carboxylic acids is 2. The minimum absolute atomic E-state index is 0.167. The van der Waals surface area contributed by atoms with Gasteiger partial charge in [0.25, 0.3) is 0 Å². The van der Waals surface area contributed by atoms with Crippen molar-refractivity contribution in [1.82, 2.24) is 10.3 Å². The van der Waals surface area contributed by atoms with Gasteiger partial charge in [0.15, 0.2) is 0 Å². The first-order valence-corrected chi connectivity index (χ1v) is 10.5. The summed E-state index contributed by atoms with van der Waals surface area (Å²) in [7, 11) is 0. The molecular weight excluding hydrogens is 473 g/mol. The third-order valence-corrected chi connectivity index (χ3v) is 5.20. The third-order valence-electron chi connectivity index (χ3n) is 4.19. The van der Waals surface area contributed by atoms with Crippen molar-refractivity contribution in [3.05, 3.63) is 71.2 Å². The number of aromatic nitrogens is 1. The van der Waals surface area contributed by atoms with Crippen molar-refractivity contribution < 1.29 is 32.7 Å². The molecule has 0 aliphatic heterocycles. The van der Waals surface area contributed by atoms with Gasteiger partial charge < -0.3 is 21.5 Å². The molecule has 1 unspecified atom stereocenters. The maximum atomic E-state index is 12.3. The Hall–Kier alpha value is -3.77. The van der Waals surface area contributed by atoms with E-state index in [1.54, 1.807) is 29.7 Å². The van der Waals surface area contributed by atoms with Crippen LogP contribution in [0.3, 0.4) is 0 Å². The number of amides is 2. The number of nitrogens with one attached hydrogen (secondary N) is 2. The first kappa shape index (κ1) is 26.5. The molecule has 0 fully saturated rings. The molecule has 0 radical (unpaired) electrons. The van der Waals surface area contributed by atoms with E-state index in [9.17, 15) is 22.8 Å². The lowest BCUT2D eigenvalue weighted by Gasteiger charge is -2.13. The topological polar surface area (TPSA) is 134 Å². The first-order chi connectivity index (χ1) is 16.0. The summed E-state index contributed by atoms with van der Waals surface area (Å²) in [6.45, 7) is 2.17. The lowest BCUT2D eigenvalue weighted by Crippen LogP contribution is -2.39. The Morgan fingerprint density at radius 2 is 1.71 bits per heavy atom. The molecule has 0 bridgehead atoms. The lowest BCUT2D eigenvalue weighted by molar-refractivity contribution is -0.192. The average Bonchev–Trinajstić information content (AvgIpc) is 3.24. The van der Waals surface area contributed by atoms with Gasteiger partial charge in [-0.1, -0.05) is 30.3 Å². The van der Waals surface area contributed by atoms with Crippen molar-refractivity contribution in [2.75, 3.05) is 11.9 Å². The Bertz CT molecular complexity index is 1140. The average molecular weight is 494 g/mol. The number of hydrogen-bond acceptors (Lipinski definition) is 6. The molecule has 2 aromatic heterocycles. The quantitative estimate of drug-likeness (QED) is 0.401. The van der Waals surface area contributed by atoms with E-state index in [2.05, 4.69) is 15.6 Å². The fourth-order valence-corrected chi connectivity index (χ4v) is 3.42. The van der Waals surface area contributed by atoms with E-state index in [-0.39, 0.29) is 12.6 Å². The van der Waals surface area contributed by atoms with Crippen molar-refractivity contribution in [2.45, 2.75) is 19.1 Å². The van der Waals surface area contributed by atoms with Crippen molar-refractivity contribution in [1.29, 1.82) is 0 Å². The predicted octanol–water partition coefficient (Wildman–Crippen LogP) is 3.51. The molecule has 5 N–H and O–H groups in total. The van der Waals surface area contributed by atoms with Gasteiger partial charge in [-0.2, -0.15) is 13.2 Å². The smallest absolute Gasteiger partial charge is 0.475 e. The van der Waals surface area contributed by atoms with Crippen LogP contribution in [0, 0.1) is 6.92 Å². The van der Waals surface area contributed by atoms with Gasteiger partial charge >= 0.3 is 24.0 Å². The SMILES string of the molecule is Cc1ccc(-c2ncccc2NC(=O)C(=O)NCC(N)c2ccccc2)s1.O=C(O)C(F)(F)F. The van der Waals surface area contributed by atoms with Crippen molar-refractivity contribution in [2.24, 2.45) is 5.73 Å². The fourth-order valence-electron chi connectivity index (χ4n) is 2.54. The molecule has 180 valence electrons. The second kappa shape index (κ2) is 11.9. The van der Waals surface area contributed by atoms with Crippen molar-refractivity contribution in [3.63, 3.8) is 0 Å². The van der Waals surface area contributed by atoms with Gasteiger partial charge in [0.1, 0.15) is 5.69 Å². The number of hydrogen-bond donors (Lipinski definition) is 4. The van der Waals surface area contributed by atoms with E-state index < -0.39 is 24.0 Å². The molecule has 1 aromatic carbocycles. The second-order valence-electron chi connectivity index (χ2n) is 6.79. The Kier molecular flexibility index (Phi) is 9.27. The molecule has 2 heterocycles. The third kappa shape index (κ3) is 7.98. The van der Waals surface area contributed by atoms with Gasteiger partial charge in [0.2, 0.25) is 0 Å². The van der Waals surface area contributed by atoms with Crippen LogP contribution in [0.5, 0.6) is 0 Å². The normalized spacial score (nSPS) is 11.6. The van der Waals surface area contributed by atoms with Gasteiger partial charge in [-0.25, -0.2) is 4.79 Å². The predicted molar refractivity (Wildman–Crippen MR) is 121 cm³/mol. The summed E-state index contributed by atoms with van der Waals surface area (Å²) in [5, 5.41) is 12.3. The Morgan fingerprint density at radius 1 is 1.06 bits per heavy atom. The summed E-state index contributed by atoms with van der Waals surface area (Å²) in [4.78, 5) is 39.7. The number of thiophene rings is 1. The zero-order valence-electron chi connectivity index (χ0n) is 17.8. The minimum atomic E-state index is -5.08. The molecule has 0 aliphatic rings. The molecular formula is C22H21F3N4O4S. The molecule has 3 rings (SSSR count). The van der Waals surface area contributed by atoms with Crippen LogP contribution < -0.4 is 16.4 Å². The van der Waals surface area contributed by atoms with Crippen LogP contribution in [-0.2, 0) is 14.4 Å². The van der Waals surface area contributed by atoms with Crippen LogP contribution >= 0.6 is 11.3 Å². The number of carbonyl (C=O) groups is 3. The van der Waals surface area contributed by atoms with Crippen molar-refractivity contribution >= 4 is 34.8 Å².